The van der Waals surface area contributed by atoms with Crippen molar-refractivity contribution >= 4 is 11.6 Å². The van der Waals surface area contributed by atoms with E-state index in [1.54, 1.807) is 0 Å². The molecule has 0 spiro atoms. The number of rotatable bonds is 1. The van der Waals surface area contributed by atoms with Gasteiger partial charge in [-0.15, -0.1) is 0 Å². The Morgan fingerprint density at radius 2 is 1.61 bits per heavy atom. The van der Waals surface area contributed by atoms with Crippen LogP contribution in [0.25, 0.3) is 11.1 Å². The predicted molar refractivity (Wildman–Crippen MR) is 79.2 cm³/mol. The van der Waals surface area contributed by atoms with E-state index in [4.69, 9.17) is 11.6 Å². The van der Waals surface area contributed by atoms with Crippen LogP contribution in [0.5, 0.6) is 0 Å². The highest BCUT2D eigenvalue weighted by molar-refractivity contribution is 6.33. The highest BCUT2D eigenvalue weighted by atomic mass is 35.5. The molecule has 0 nitrogen and oxygen atoms in total. The van der Waals surface area contributed by atoms with Crippen LogP contribution >= 0.6 is 11.6 Å². The molecule has 0 aliphatic carbocycles. The molecule has 93 valence electrons. The third kappa shape index (κ3) is 2.59. The third-order valence-corrected chi connectivity index (χ3v) is 3.40. The molecule has 2 aromatic rings. The molecule has 0 unspecified atom stereocenters. The second-order valence-electron chi connectivity index (χ2n) is 5.70. The molecule has 0 aliphatic heterocycles. The van der Waals surface area contributed by atoms with Crippen LogP contribution in [-0.4, -0.2) is 0 Å². The molecule has 1 heteroatoms. The zero-order valence-corrected chi connectivity index (χ0v) is 12.1. The maximum Gasteiger partial charge on any atom is 0.0566 e. The van der Waals surface area contributed by atoms with E-state index in [-0.39, 0.29) is 5.41 Å². The summed E-state index contributed by atoms with van der Waals surface area (Å²) in [6.07, 6.45) is 0. The normalized spacial score (nSPS) is 11.6. The van der Waals surface area contributed by atoms with E-state index >= 15 is 0 Å². The third-order valence-electron chi connectivity index (χ3n) is 3.10. The van der Waals surface area contributed by atoms with E-state index in [1.165, 1.54) is 11.1 Å². The van der Waals surface area contributed by atoms with E-state index < -0.39 is 0 Å². The summed E-state index contributed by atoms with van der Waals surface area (Å²) < 4.78 is 0. The van der Waals surface area contributed by atoms with Crippen molar-refractivity contribution in [2.45, 2.75) is 33.1 Å². The lowest BCUT2D eigenvalue weighted by Crippen LogP contribution is -2.12. The van der Waals surface area contributed by atoms with Crippen LogP contribution < -0.4 is 0 Å². The first-order valence-corrected chi connectivity index (χ1v) is 6.55. The van der Waals surface area contributed by atoms with E-state index in [0.29, 0.717) is 5.02 Å². The fourth-order valence-electron chi connectivity index (χ4n) is 2.10. The Labute approximate surface area is 115 Å². The summed E-state index contributed by atoms with van der Waals surface area (Å²) in [6, 6.07) is 15.6. The molecule has 2 rings (SSSR count). The Balaban J connectivity index is 2.66. The second kappa shape index (κ2) is 4.78. The smallest absolute Gasteiger partial charge is 0.0566 e. The van der Waals surface area contributed by atoms with Gasteiger partial charge in [0.1, 0.15) is 0 Å². The number of aryl methyl sites for hydroxylation is 1. The Hall–Kier alpha value is -1.27. The molecule has 1 radical (unpaired) electrons. The summed E-state index contributed by atoms with van der Waals surface area (Å²) in [5.74, 6) is 0. The van der Waals surface area contributed by atoms with Gasteiger partial charge in [0.2, 0.25) is 0 Å². The standard InChI is InChI=1S/C17H18Cl/c1-12-8-10-13(11-9-12)16-14(17(2,3)4)6-5-7-15(16)18/h5-6,8-11H,1-4H3. The number of halogens is 1. The van der Waals surface area contributed by atoms with Gasteiger partial charge in [0, 0.05) is 11.6 Å². The molecular formula is C17H18Cl. The van der Waals surface area contributed by atoms with Gasteiger partial charge in [0.15, 0.2) is 0 Å². The molecule has 0 atom stereocenters. The van der Waals surface area contributed by atoms with Gasteiger partial charge in [-0.25, -0.2) is 0 Å². The summed E-state index contributed by atoms with van der Waals surface area (Å²) in [5, 5.41) is 0.700. The Bertz CT molecular complexity index is 545. The van der Waals surface area contributed by atoms with Gasteiger partial charge in [-0.2, -0.15) is 0 Å². The minimum Gasteiger partial charge on any atom is -0.0830 e. The van der Waals surface area contributed by atoms with Crippen molar-refractivity contribution in [3.63, 3.8) is 0 Å². The van der Waals surface area contributed by atoms with Crippen molar-refractivity contribution in [3.05, 3.63) is 58.6 Å². The van der Waals surface area contributed by atoms with Crippen molar-refractivity contribution in [2.75, 3.05) is 0 Å². The fourth-order valence-corrected chi connectivity index (χ4v) is 2.37. The van der Waals surface area contributed by atoms with Crippen LogP contribution in [0.3, 0.4) is 0 Å². The first-order valence-electron chi connectivity index (χ1n) is 6.17. The largest absolute Gasteiger partial charge is 0.0830 e. The van der Waals surface area contributed by atoms with Gasteiger partial charge in [-0.1, -0.05) is 74.3 Å². The first-order chi connectivity index (χ1) is 8.39. The molecule has 0 aromatic heterocycles. The lowest BCUT2D eigenvalue weighted by atomic mass is 9.82. The van der Waals surface area contributed by atoms with Crippen LogP contribution in [-0.2, 0) is 5.41 Å². The van der Waals surface area contributed by atoms with Crippen molar-refractivity contribution < 1.29 is 0 Å². The molecule has 0 amide bonds. The van der Waals surface area contributed by atoms with E-state index in [1.807, 2.05) is 6.07 Å². The summed E-state index contributed by atoms with van der Waals surface area (Å²) in [5.41, 5.74) is 4.85. The Morgan fingerprint density at radius 1 is 1.00 bits per heavy atom. The van der Waals surface area contributed by atoms with Crippen molar-refractivity contribution in [3.8, 4) is 11.1 Å². The van der Waals surface area contributed by atoms with Crippen LogP contribution in [0.1, 0.15) is 31.9 Å². The Morgan fingerprint density at radius 3 is 2.17 bits per heavy atom. The lowest BCUT2D eigenvalue weighted by Gasteiger charge is -2.24. The summed E-state index contributed by atoms with van der Waals surface area (Å²) in [4.78, 5) is 0. The quantitative estimate of drug-likeness (QED) is 0.641. The molecule has 0 bridgehead atoms. The highest BCUT2D eigenvalue weighted by Crippen LogP contribution is 2.37. The molecule has 0 saturated heterocycles. The van der Waals surface area contributed by atoms with Gasteiger partial charge in [0.25, 0.3) is 0 Å². The van der Waals surface area contributed by atoms with E-state index in [2.05, 4.69) is 64.1 Å². The van der Waals surface area contributed by atoms with Gasteiger partial charge in [0.05, 0.1) is 5.02 Å². The van der Waals surface area contributed by atoms with Crippen LogP contribution in [0.15, 0.2) is 36.4 Å². The topological polar surface area (TPSA) is 0 Å². The predicted octanol–water partition coefficient (Wildman–Crippen LogP) is 5.41. The van der Waals surface area contributed by atoms with Crippen LogP contribution in [0.4, 0.5) is 0 Å². The monoisotopic (exact) mass is 257 g/mol. The lowest BCUT2D eigenvalue weighted by molar-refractivity contribution is 0.592. The maximum absolute atomic E-state index is 6.35. The molecule has 0 saturated carbocycles. The van der Waals surface area contributed by atoms with Gasteiger partial charge >= 0.3 is 0 Å². The summed E-state index contributed by atoms with van der Waals surface area (Å²) >= 11 is 6.35. The molecule has 18 heavy (non-hydrogen) atoms. The minimum absolute atomic E-state index is 0.0684. The number of hydrogen-bond acceptors (Lipinski definition) is 0. The highest BCUT2D eigenvalue weighted by Gasteiger charge is 2.20. The molecule has 0 aliphatic rings. The fraction of sp³-hybridized carbons (Fsp3) is 0.294. The molecule has 0 heterocycles. The zero-order chi connectivity index (χ0) is 13.3. The first kappa shape index (κ1) is 13.2. The summed E-state index contributed by atoms with van der Waals surface area (Å²) in [6.45, 7) is 8.70. The van der Waals surface area contributed by atoms with Crippen molar-refractivity contribution in [1.82, 2.24) is 0 Å². The number of hydrogen-bond donors (Lipinski definition) is 0. The average molecular weight is 258 g/mol. The maximum atomic E-state index is 6.35. The minimum atomic E-state index is 0.0684. The van der Waals surface area contributed by atoms with Gasteiger partial charge in [-0.3, -0.25) is 0 Å². The molecule has 2 aromatic carbocycles. The van der Waals surface area contributed by atoms with Gasteiger partial charge < -0.3 is 0 Å². The van der Waals surface area contributed by atoms with E-state index in [9.17, 15) is 0 Å². The zero-order valence-electron chi connectivity index (χ0n) is 11.3. The van der Waals surface area contributed by atoms with Gasteiger partial charge in [-0.05, 0) is 23.5 Å². The van der Waals surface area contributed by atoms with Crippen molar-refractivity contribution in [2.24, 2.45) is 0 Å². The SMILES string of the molecule is Cc1ccc(-c2c(Cl)[c]ccc2C(C)(C)C)cc1. The van der Waals surface area contributed by atoms with E-state index in [0.717, 1.165) is 11.1 Å². The Kier molecular flexibility index (Phi) is 3.49. The molecular weight excluding hydrogens is 240 g/mol. The summed E-state index contributed by atoms with van der Waals surface area (Å²) in [7, 11) is 0. The second-order valence-corrected chi connectivity index (χ2v) is 6.07. The van der Waals surface area contributed by atoms with Crippen LogP contribution in [0, 0.1) is 13.0 Å². The molecule has 0 fully saturated rings. The number of benzene rings is 2. The molecule has 0 N–H and O–H groups in total. The van der Waals surface area contributed by atoms with Crippen LogP contribution in [0.2, 0.25) is 5.02 Å². The van der Waals surface area contributed by atoms with Crippen molar-refractivity contribution in [1.29, 1.82) is 0 Å². The average Bonchev–Trinajstić information content (AvgIpc) is 2.29.